The van der Waals surface area contributed by atoms with Gasteiger partial charge in [-0.2, -0.15) is 0 Å². The first-order valence-electron chi connectivity index (χ1n) is 7.08. The van der Waals surface area contributed by atoms with Crippen LogP contribution in [0.15, 0.2) is 54.6 Å². The largest absolute Gasteiger partial charge is 0.491 e. The van der Waals surface area contributed by atoms with Crippen molar-refractivity contribution < 1.29 is 14.3 Å². The molecule has 5 heteroatoms. The van der Waals surface area contributed by atoms with Gasteiger partial charge in [0, 0.05) is 19.3 Å². The number of amides is 2. The Kier molecular flexibility index (Phi) is 6.26. The van der Waals surface area contributed by atoms with E-state index in [1.165, 1.54) is 0 Å². The van der Waals surface area contributed by atoms with E-state index in [0.29, 0.717) is 25.4 Å². The van der Waals surface area contributed by atoms with Gasteiger partial charge >= 0.3 is 6.03 Å². The number of benzene rings is 2. The van der Waals surface area contributed by atoms with E-state index in [1.54, 1.807) is 19.2 Å². The van der Waals surface area contributed by atoms with Crippen LogP contribution in [0.1, 0.15) is 5.56 Å². The normalized spacial score (nSPS) is 10.0. The maximum Gasteiger partial charge on any atom is 0.319 e. The molecule has 0 aliphatic rings. The van der Waals surface area contributed by atoms with E-state index in [4.69, 9.17) is 9.47 Å². The lowest BCUT2D eigenvalue weighted by Crippen LogP contribution is -2.28. The van der Waals surface area contributed by atoms with Crippen molar-refractivity contribution in [3.63, 3.8) is 0 Å². The summed E-state index contributed by atoms with van der Waals surface area (Å²) < 4.78 is 10.4. The van der Waals surface area contributed by atoms with Crippen molar-refractivity contribution >= 4 is 11.7 Å². The lowest BCUT2D eigenvalue weighted by Gasteiger charge is -2.09. The fraction of sp³-hybridized carbons (Fsp3) is 0.235. The van der Waals surface area contributed by atoms with Gasteiger partial charge in [-0.05, 0) is 29.8 Å². The van der Waals surface area contributed by atoms with Gasteiger partial charge in [-0.15, -0.1) is 0 Å². The molecule has 2 aromatic rings. The van der Waals surface area contributed by atoms with Crippen LogP contribution in [0.25, 0.3) is 0 Å². The van der Waals surface area contributed by atoms with E-state index in [2.05, 4.69) is 10.6 Å². The molecule has 0 aliphatic heterocycles. The molecule has 116 valence electrons. The Bertz CT molecular complexity index is 570. The van der Waals surface area contributed by atoms with E-state index in [9.17, 15) is 4.79 Å². The van der Waals surface area contributed by atoms with Gasteiger partial charge in [0.2, 0.25) is 0 Å². The van der Waals surface area contributed by atoms with Crippen molar-refractivity contribution in [2.75, 3.05) is 25.6 Å². The molecule has 0 unspecified atom stereocenters. The predicted octanol–water partition coefficient (Wildman–Crippen LogP) is 3.03. The third-order valence-electron chi connectivity index (χ3n) is 2.96. The predicted molar refractivity (Wildman–Crippen MR) is 86.1 cm³/mol. The molecule has 0 heterocycles. The van der Waals surface area contributed by atoms with Gasteiger partial charge in [-0.25, -0.2) is 4.79 Å². The molecule has 2 aromatic carbocycles. The standard InChI is InChI=1S/C17H20N2O3/c1-21-11-12-22-16-9-7-15(8-10-16)19-17(20)18-13-14-5-3-2-4-6-14/h2-10H,11-13H2,1H3,(H2,18,19,20). The molecule has 0 radical (unpaired) electrons. The highest BCUT2D eigenvalue weighted by Gasteiger charge is 2.02. The summed E-state index contributed by atoms with van der Waals surface area (Å²) in [5, 5.41) is 5.58. The van der Waals surface area contributed by atoms with Gasteiger partial charge < -0.3 is 20.1 Å². The van der Waals surface area contributed by atoms with E-state index in [0.717, 1.165) is 11.3 Å². The molecule has 0 aliphatic carbocycles. The van der Waals surface area contributed by atoms with Crippen molar-refractivity contribution in [1.82, 2.24) is 5.32 Å². The molecule has 0 fully saturated rings. The molecule has 0 aromatic heterocycles. The molecule has 2 rings (SSSR count). The highest BCUT2D eigenvalue weighted by Crippen LogP contribution is 2.15. The van der Waals surface area contributed by atoms with Crippen LogP contribution in [0, 0.1) is 0 Å². The zero-order chi connectivity index (χ0) is 15.6. The summed E-state index contributed by atoms with van der Waals surface area (Å²) in [6.45, 7) is 1.54. The van der Waals surface area contributed by atoms with Crippen molar-refractivity contribution in [3.8, 4) is 5.75 Å². The van der Waals surface area contributed by atoms with Gasteiger partial charge in [-0.3, -0.25) is 0 Å². The Labute approximate surface area is 130 Å². The summed E-state index contributed by atoms with van der Waals surface area (Å²) in [7, 11) is 1.63. The second-order valence-electron chi connectivity index (χ2n) is 4.66. The quantitative estimate of drug-likeness (QED) is 0.773. The van der Waals surface area contributed by atoms with Crippen molar-refractivity contribution in [2.24, 2.45) is 0 Å². The summed E-state index contributed by atoms with van der Waals surface area (Å²) in [6.07, 6.45) is 0. The number of ether oxygens (including phenoxy) is 2. The molecule has 0 bridgehead atoms. The zero-order valence-electron chi connectivity index (χ0n) is 12.5. The van der Waals surface area contributed by atoms with Crippen molar-refractivity contribution in [2.45, 2.75) is 6.54 Å². The Morgan fingerprint density at radius 3 is 2.41 bits per heavy atom. The topological polar surface area (TPSA) is 59.6 Å². The van der Waals surface area contributed by atoms with Gasteiger partial charge in [0.15, 0.2) is 0 Å². The lowest BCUT2D eigenvalue weighted by molar-refractivity contribution is 0.146. The fourth-order valence-corrected chi connectivity index (χ4v) is 1.83. The summed E-state index contributed by atoms with van der Waals surface area (Å²) in [6, 6.07) is 16.7. The molecular weight excluding hydrogens is 280 g/mol. The first-order chi connectivity index (χ1) is 10.8. The van der Waals surface area contributed by atoms with Crippen LogP contribution in [0.4, 0.5) is 10.5 Å². The SMILES string of the molecule is COCCOc1ccc(NC(=O)NCc2ccccc2)cc1. The van der Waals surface area contributed by atoms with Crippen LogP contribution in [-0.4, -0.2) is 26.4 Å². The molecule has 5 nitrogen and oxygen atoms in total. The minimum absolute atomic E-state index is 0.239. The van der Waals surface area contributed by atoms with Crippen LogP contribution in [0.3, 0.4) is 0 Å². The Balaban J connectivity index is 1.76. The van der Waals surface area contributed by atoms with Gasteiger partial charge in [0.1, 0.15) is 12.4 Å². The molecule has 2 N–H and O–H groups in total. The van der Waals surface area contributed by atoms with Crippen molar-refractivity contribution in [1.29, 1.82) is 0 Å². The molecule has 0 spiro atoms. The summed E-state index contributed by atoms with van der Waals surface area (Å²) >= 11 is 0. The maximum atomic E-state index is 11.8. The highest BCUT2D eigenvalue weighted by atomic mass is 16.5. The van der Waals surface area contributed by atoms with E-state index < -0.39 is 0 Å². The first-order valence-corrected chi connectivity index (χ1v) is 7.08. The number of hydrogen-bond acceptors (Lipinski definition) is 3. The zero-order valence-corrected chi connectivity index (χ0v) is 12.5. The van der Waals surface area contributed by atoms with Gasteiger partial charge in [0.25, 0.3) is 0 Å². The first kappa shape index (κ1) is 15.9. The van der Waals surface area contributed by atoms with Crippen LogP contribution < -0.4 is 15.4 Å². The summed E-state index contributed by atoms with van der Waals surface area (Å²) in [5.74, 6) is 0.743. The number of urea groups is 1. The minimum atomic E-state index is -0.239. The Morgan fingerprint density at radius 1 is 1.00 bits per heavy atom. The van der Waals surface area contributed by atoms with E-state index >= 15 is 0 Å². The number of hydrogen-bond donors (Lipinski definition) is 2. The van der Waals surface area contributed by atoms with Crippen LogP contribution in [0.5, 0.6) is 5.75 Å². The number of anilines is 1. The fourth-order valence-electron chi connectivity index (χ4n) is 1.83. The minimum Gasteiger partial charge on any atom is -0.491 e. The second-order valence-corrected chi connectivity index (χ2v) is 4.66. The number of carbonyl (C=O) groups is 1. The molecule has 2 amide bonds. The van der Waals surface area contributed by atoms with Crippen LogP contribution in [-0.2, 0) is 11.3 Å². The monoisotopic (exact) mass is 300 g/mol. The summed E-state index contributed by atoms with van der Waals surface area (Å²) in [4.78, 5) is 11.8. The average Bonchev–Trinajstić information content (AvgIpc) is 2.56. The van der Waals surface area contributed by atoms with E-state index in [-0.39, 0.29) is 6.03 Å². The second kappa shape index (κ2) is 8.69. The van der Waals surface area contributed by atoms with Gasteiger partial charge in [-0.1, -0.05) is 30.3 Å². The summed E-state index contributed by atoms with van der Waals surface area (Å²) in [5.41, 5.74) is 1.77. The molecule has 22 heavy (non-hydrogen) atoms. The van der Waals surface area contributed by atoms with Crippen LogP contribution >= 0.6 is 0 Å². The van der Waals surface area contributed by atoms with Crippen LogP contribution in [0.2, 0.25) is 0 Å². The smallest absolute Gasteiger partial charge is 0.319 e. The molecule has 0 saturated carbocycles. The number of carbonyl (C=O) groups excluding carboxylic acids is 1. The van der Waals surface area contributed by atoms with Gasteiger partial charge in [0.05, 0.1) is 6.61 Å². The Morgan fingerprint density at radius 2 is 1.73 bits per heavy atom. The maximum absolute atomic E-state index is 11.8. The average molecular weight is 300 g/mol. The number of nitrogens with one attached hydrogen (secondary N) is 2. The molecule has 0 atom stereocenters. The lowest BCUT2D eigenvalue weighted by atomic mass is 10.2. The van der Waals surface area contributed by atoms with Crippen molar-refractivity contribution in [3.05, 3.63) is 60.2 Å². The third kappa shape index (κ3) is 5.46. The molecular formula is C17H20N2O3. The van der Waals surface area contributed by atoms with E-state index in [1.807, 2.05) is 42.5 Å². The Hall–Kier alpha value is -2.53. The molecule has 0 saturated heterocycles. The number of methoxy groups -OCH3 is 1. The number of rotatable bonds is 7. The highest BCUT2D eigenvalue weighted by molar-refractivity contribution is 5.89. The third-order valence-corrected chi connectivity index (χ3v) is 2.96.